The number of hydrogen-bond acceptors (Lipinski definition) is 1. The molecule has 18 heavy (non-hydrogen) atoms. The molecule has 0 N–H and O–H groups in total. The lowest BCUT2D eigenvalue weighted by Gasteiger charge is -2.07. The van der Waals surface area contributed by atoms with Gasteiger partial charge >= 0.3 is 0 Å². The Balaban J connectivity index is 2.27. The van der Waals surface area contributed by atoms with Crippen molar-refractivity contribution in [2.75, 3.05) is 0 Å². The molecule has 0 aliphatic carbocycles. The van der Waals surface area contributed by atoms with Crippen molar-refractivity contribution >= 4 is 11.0 Å². The van der Waals surface area contributed by atoms with Crippen LogP contribution in [0.2, 0.25) is 0 Å². The number of aromatic nitrogens is 2. The first-order valence-electron chi connectivity index (χ1n) is 6.16. The summed E-state index contributed by atoms with van der Waals surface area (Å²) in [5, 5.41) is 0. The molecule has 0 saturated carbocycles. The largest absolute Gasteiger partial charge is 0.299 e. The van der Waals surface area contributed by atoms with Crippen molar-refractivity contribution in [2.45, 2.75) is 20.8 Å². The van der Waals surface area contributed by atoms with Crippen LogP contribution in [0.3, 0.4) is 0 Å². The van der Waals surface area contributed by atoms with Crippen molar-refractivity contribution < 1.29 is 0 Å². The van der Waals surface area contributed by atoms with Crippen LogP contribution in [0.5, 0.6) is 0 Å². The summed E-state index contributed by atoms with van der Waals surface area (Å²) in [6, 6.07) is 12.9. The van der Waals surface area contributed by atoms with E-state index in [4.69, 9.17) is 0 Å². The number of hydrogen-bond donors (Lipinski definition) is 0. The molecule has 1 aromatic heterocycles. The van der Waals surface area contributed by atoms with Gasteiger partial charge in [-0.25, -0.2) is 4.98 Å². The van der Waals surface area contributed by atoms with Crippen molar-refractivity contribution in [2.24, 2.45) is 0 Å². The van der Waals surface area contributed by atoms with Crippen molar-refractivity contribution in [1.82, 2.24) is 9.55 Å². The molecule has 0 aliphatic heterocycles. The highest BCUT2D eigenvalue weighted by Gasteiger charge is 2.05. The average Bonchev–Trinajstić information content (AvgIpc) is 2.70. The summed E-state index contributed by atoms with van der Waals surface area (Å²) in [4.78, 5) is 4.46. The summed E-state index contributed by atoms with van der Waals surface area (Å²) in [5.41, 5.74) is 7.20. The van der Waals surface area contributed by atoms with Crippen LogP contribution in [0, 0.1) is 20.8 Å². The molecule has 0 fully saturated rings. The third kappa shape index (κ3) is 1.80. The summed E-state index contributed by atoms with van der Waals surface area (Å²) in [6.07, 6.45) is 1.90. The lowest BCUT2D eigenvalue weighted by Crippen LogP contribution is -1.93. The predicted molar refractivity (Wildman–Crippen MR) is 75.3 cm³/mol. The average molecular weight is 236 g/mol. The maximum Gasteiger partial charge on any atom is 0.100 e. The first kappa shape index (κ1) is 11.0. The zero-order valence-corrected chi connectivity index (χ0v) is 10.9. The molecule has 90 valence electrons. The van der Waals surface area contributed by atoms with Crippen LogP contribution in [0.15, 0.2) is 42.7 Å². The molecule has 0 amide bonds. The van der Waals surface area contributed by atoms with Gasteiger partial charge in [-0.1, -0.05) is 12.1 Å². The van der Waals surface area contributed by atoms with E-state index in [2.05, 4.69) is 66.7 Å². The van der Waals surface area contributed by atoms with Gasteiger partial charge in [0, 0.05) is 5.69 Å². The van der Waals surface area contributed by atoms with E-state index in [-0.39, 0.29) is 0 Å². The van der Waals surface area contributed by atoms with E-state index in [0.717, 1.165) is 5.52 Å². The van der Waals surface area contributed by atoms with E-state index in [1.807, 2.05) is 6.33 Å². The molecule has 0 atom stereocenters. The second-order valence-corrected chi connectivity index (χ2v) is 4.95. The van der Waals surface area contributed by atoms with Gasteiger partial charge in [0.05, 0.1) is 11.0 Å². The summed E-state index contributed by atoms with van der Waals surface area (Å²) in [6.45, 7) is 6.36. The third-order valence-electron chi connectivity index (χ3n) is 3.19. The fraction of sp³-hybridized carbons (Fsp3) is 0.188. The molecule has 0 radical (unpaired) electrons. The summed E-state index contributed by atoms with van der Waals surface area (Å²) < 4.78 is 2.16. The van der Waals surface area contributed by atoms with Crippen LogP contribution in [-0.4, -0.2) is 9.55 Å². The Hall–Kier alpha value is -2.09. The number of imidazole rings is 1. The standard InChI is InChI=1S/C16H16N2/c1-11-4-5-15-16(9-11)18(10-17-15)14-7-12(2)6-13(3)8-14/h4-10H,1-3H3. The summed E-state index contributed by atoms with van der Waals surface area (Å²) in [5.74, 6) is 0. The fourth-order valence-corrected chi connectivity index (χ4v) is 2.41. The Morgan fingerprint density at radius 3 is 2.28 bits per heavy atom. The van der Waals surface area contributed by atoms with E-state index < -0.39 is 0 Å². The fourth-order valence-electron chi connectivity index (χ4n) is 2.41. The van der Waals surface area contributed by atoms with Gasteiger partial charge in [0.1, 0.15) is 6.33 Å². The Labute approximate surface area is 107 Å². The number of nitrogens with zero attached hydrogens (tertiary/aromatic N) is 2. The molecule has 2 heteroatoms. The zero-order chi connectivity index (χ0) is 12.7. The molecule has 0 saturated heterocycles. The minimum atomic E-state index is 1.04. The van der Waals surface area contributed by atoms with E-state index in [9.17, 15) is 0 Å². The zero-order valence-electron chi connectivity index (χ0n) is 10.9. The molecule has 0 aliphatic rings. The second-order valence-electron chi connectivity index (χ2n) is 4.95. The first-order chi connectivity index (χ1) is 8.63. The van der Waals surface area contributed by atoms with Crippen molar-refractivity contribution in [3.63, 3.8) is 0 Å². The van der Waals surface area contributed by atoms with Crippen LogP contribution >= 0.6 is 0 Å². The van der Waals surface area contributed by atoms with Gasteiger partial charge in [-0.2, -0.15) is 0 Å². The number of aryl methyl sites for hydroxylation is 3. The lowest BCUT2D eigenvalue weighted by molar-refractivity contribution is 1.08. The third-order valence-corrected chi connectivity index (χ3v) is 3.19. The molecule has 3 rings (SSSR count). The van der Waals surface area contributed by atoms with Gasteiger partial charge in [-0.15, -0.1) is 0 Å². The van der Waals surface area contributed by atoms with Crippen molar-refractivity contribution in [1.29, 1.82) is 0 Å². The van der Waals surface area contributed by atoms with E-state index >= 15 is 0 Å². The van der Waals surface area contributed by atoms with Gasteiger partial charge in [0.2, 0.25) is 0 Å². The molecular weight excluding hydrogens is 220 g/mol. The molecule has 0 unspecified atom stereocenters. The number of benzene rings is 2. The Kier molecular flexibility index (Phi) is 2.44. The van der Waals surface area contributed by atoms with Gasteiger partial charge in [0.25, 0.3) is 0 Å². The highest BCUT2D eigenvalue weighted by molar-refractivity contribution is 5.78. The quantitative estimate of drug-likeness (QED) is 0.625. The van der Waals surface area contributed by atoms with E-state index in [0.29, 0.717) is 0 Å². The van der Waals surface area contributed by atoms with E-state index in [1.54, 1.807) is 0 Å². The predicted octanol–water partition coefficient (Wildman–Crippen LogP) is 3.95. The second kappa shape index (κ2) is 3.98. The smallest absolute Gasteiger partial charge is 0.100 e. The topological polar surface area (TPSA) is 17.8 Å². The Morgan fingerprint density at radius 2 is 1.56 bits per heavy atom. The Bertz CT molecular complexity index is 703. The highest BCUT2D eigenvalue weighted by atomic mass is 15.0. The first-order valence-corrected chi connectivity index (χ1v) is 6.16. The molecule has 2 nitrogen and oxygen atoms in total. The number of rotatable bonds is 1. The Morgan fingerprint density at radius 1 is 0.833 bits per heavy atom. The molecule has 0 spiro atoms. The molecular formula is C16H16N2. The molecule has 1 heterocycles. The molecule has 2 aromatic carbocycles. The minimum absolute atomic E-state index is 1.04. The van der Waals surface area contributed by atoms with Crippen LogP contribution in [-0.2, 0) is 0 Å². The van der Waals surface area contributed by atoms with Crippen molar-refractivity contribution in [3.05, 3.63) is 59.4 Å². The molecule has 0 bridgehead atoms. The van der Waals surface area contributed by atoms with Crippen LogP contribution in [0.1, 0.15) is 16.7 Å². The SMILES string of the molecule is Cc1cc(C)cc(-n2cnc3ccc(C)cc32)c1. The molecule has 3 aromatic rings. The van der Waals surface area contributed by atoms with Crippen LogP contribution in [0.25, 0.3) is 16.7 Å². The lowest BCUT2D eigenvalue weighted by atomic mass is 10.1. The van der Waals surface area contributed by atoms with Gasteiger partial charge in [-0.3, -0.25) is 4.57 Å². The van der Waals surface area contributed by atoms with Crippen LogP contribution in [0.4, 0.5) is 0 Å². The monoisotopic (exact) mass is 236 g/mol. The van der Waals surface area contributed by atoms with Gasteiger partial charge < -0.3 is 0 Å². The van der Waals surface area contributed by atoms with Crippen molar-refractivity contribution in [3.8, 4) is 5.69 Å². The van der Waals surface area contributed by atoms with Gasteiger partial charge in [-0.05, 0) is 61.7 Å². The summed E-state index contributed by atoms with van der Waals surface area (Å²) >= 11 is 0. The normalized spacial score (nSPS) is 11.1. The van der Waals surface area contributed by atoms with E-state index in [1.165, 1.54) is 27.9 Å². The van der Waals surface area contributed by atoms with Crippen LogP contribution < -0.4 is 0 Å². The number of fused-ring (bicyclic) bond motifs is 1. The maximum absolute atomic E-state index is 4.46. The van der Waals surface area contributed by atoms with Gasteiger partial charge in [0.15, 0.2) is 0 Å². The minimum Gasteiger partial charge on any atom is -0.299 e. The summed E-state index contributed by atoms with van der Waals surface area (Å²) in [7, 11) is 0. The maximum atomic E-state index is 4.46. The highest BCUT2D eigenvalue weighted by Crippen LogP contribution is 2.21.